The Balaban J connectivity index is 2.15. The van der Waals surface area contributed by atoms with E-state index in [4.69, 9.17) is 5.73 Å². The molecule has 2 atom stereocenters. The molecule has 1 aliphatic rings. The van der Waals surface area contributed by atoms with Gasteiger partial charge in [-0.05, 0) is 31.9 Å². The molecule has 18 heavy (non-hydrogen) atoms. The molecule has 1 amide bonds. The largest absolute Gasteiger partial charge is 0.327 e. The average Bonchev–Trinajstić information content (AvgIpc) is 2.41. The van der Waals surface area contributed by atoms with E-state index in [0.717, 1.165) is 31.4 Å². The van der Waals surface area contributed by atoms with Crippen molar-refractivity contribution in [1.82, 2.24) is 0 Å². The van der Waals surface area contributed by atoms with E-state index < -0.39 is 0 Å². The van der Waals surface area contributed by atoms with Crippen molar-refractivity contribution < 1.29 is 4.79 Å². The van der Waals surface area contributed by atoms with Crippen molar-refractivity contribution in [1.29, 1.82) is 0 Å². The Bertz CT molecular complexity index is 391. The van der Waals surface area contributed by atoms with E-state index in [-0.39, 0.29) is 17.9 Å². The van der Waals surface area contributed by atoms with Crippen LogP contribution in [-0.2, 0) is 4.79 Å². The Kier molecular flexibility index (Phi) is 4.37. The molecule has 0 saturated heterocycles. The van der Waals surface area contributed by atoms with E-state index in [2.05, 4.69) is 0 Å². The fourth-order valence-corrected chi connectivity index (χ4v) is 2.74. The molecule has 1 aliphatic carbocycles. The number of anilines is 1. The smallest absolute Gasteiger partial charge is 0.231 e. The molecule has 0 spiro atoms. The molecule has 1 aromatic rings. The molecule has 2 N–H and O–H groups in total. The second-order valence-electron chi connectivity index (χ2n) is 4.97. The van der Waals surface area contributed by atoms with Crippen LogP contribution in [0.4, 0.5) is 5.69 Å². The summed E-state index contributed by atoms with van der Waals surface area (Å²) in [6.45, 7) is 2.71. The van der Waals surface area contributed by atoms with E-state index in [1.54, 1.807) is 0 Å². The zero-order valence-electron chi connectivity index (χ0n) is 11.0. The first-order chi connectivity index (χ1) is 8.74. The third kappa shape index (κ3) is 2.72. The van der Waals surface area contributed by atoms with E-state index in [9.17, 15) is 4.79 Å². The summed E-state index contributed by atoms with van der Waals surface area (Å²) in [5, 5.41) is 0. The molecular weight excluding hydrogens is 224 g/mol. The zero-order valence-corrected chi connectivity index (χ0v) is 11.0. The number of hydrogen-bond donors (Lipinski definition) is 1. The van der Waals surface area contributed by atoms with Gasteiger partial charge < -0.3 is 10.6 Å². The quantitative estimate of drug-likeness (QED) is 0.891. The highest BCUT2D eigenvalue weighted by Crippen LogP contribution is 2.26. The molecule has 3 nitrogen and oxygen atoms in total. The van der Waals surface area contributed by atoms with Gasteiger partial charge in [0, 0.05) is 18.3 Å². The zero-order chi connectivity index (χ0) is 13.0. The first-order valence-electron chi connectivity index (χ1n) is 6.86. The van der Waals surface area contributed by atoms with Gasteiger partial charge in [-0.1, -0.05) is 31.0 Å². The van der Waals surface area contributed by atoms with Crippen molar-refractivity contribution in [2.24, 2.45) is 11.7 Å². The maximum absolute atomic E-state index is 12.6. The monoisotopic (exact) mass is 246 g/mol. The van der Waals surface area contributed by atoms with Gasteiger partial charge in [0.05, 0.1) is 5.92 Å². The maximum Gasteiger partial charge on any atom is 0.231 e. The van der Waals surface area contributed by atoms with Crippen LogP contribution in [0.2, 0.25) is 0 Å². The second-order valence-corrected chi connectivity index (χ2v) is 4.97. The lowest BCUT2D eigenvalue weighted by atomic mass is 9.84. The van der Waals surface area contributed by atoms with E-state index >= 15 is 0 Å². The fraction of sp³-hybridized carbons (Fsp3) is 0.533. The summed E-state index contributed by atoms with van der Waals surface area (Å²) < 4.78 is 0. The number of hydrogen-bond acceptors (Lipinski definition) is 2. The standard InChI is InChI=1S/C15H22N2O/c1-2-17(12-8-4-3-5-9-12)15(18)13-10-6-7-11-14(13)16/h3-5,8-9,13-14H,2,6-7,10-11,16H2,1H3. The van der Waals surface area contributed by atoms with Gasteiger partial charge in [0.15, 0.2) is 0 Å². The summed E-state index contributed by atoms with van der Waals surface area (Å²) in [4.78, 5) is 14.4. The summed E-state index contributed by atoms with van der Waals surface area (Å²) in [7, 11) is 0. The molecule has 3 heteroatoms. The van der Waals surface area contributed by atoms with Crippen molar-refractivity contribution in [2.45, 2.75) is 38.6 Å². The SMILES string of the molecule is CCN(C(=O)C1CCCCC1N)c1ccccc1. The molecule has 1 aromatic carbocycles. The lowest BCUT2D eigenvalue weighted by Gasteiger charge is -2.32. The summed E-state index contributed by atoms with van der Waals surface area (Å²) in [6, 6.07) is 9.89. The molecule has 0 bridgehead atoms. The highest BCUT2D eigenvalue weighted by atomic mass is 16.2. The highest BCUT2D eigenvalue weighted by Gasteiger charge is 2.31. The number of rotatable bonds is 3. The number of nitrogens with two attached hydrogens (primary N) is 1. The number of amides is 1. The summed E-state index contributed by atoms with van der Waals surface area (Å²) >= 11 is 0. The van der Waals surface area contributed by atoms with Gasteiger partial charge in [-0.25, -0.2) is 0 Å². The molecule has 98 valence electrons. The van der Waals surface area contributed by atoms with E-state index in [1.165, 1.54) is 0 Å². The molecule has 2 unspecified atom stereocenters. The van der Waals surface area contributed by atoms with Gasteiger partial charge >= 0.3 is 0 Å². The van der Waals surface area contributed by atoms with Crippen LogP contribution in [-0.4, -0.2) is 18.5 Å². The molecular formula is C15H22N2O. The molecule has 0 heterocycles. The molecule has 1 saturated carbocycles. The van der Waals surface area contributed by atoms with Crippen molar-refractivity contribution in [2.75, 3.05) is 11.4 Å². The molecule has 0 radical (unpaired) electrons. The van der Waals surface area contributed by atoms with Crippen LogP contribution in [0, 0.1) is 5.92 Å². The van der Waals surface area contributed by atoms with Gasteiger partial charge in [0.1, 0.15) is 0 Å². The molecule has 0 aromatic heterocycles. The lowest BCUT2D eigenvalue weighted by Crippen LogP contribution is -2.45. The van der Waals surface area contributed by atoms with E-state index in [0.29, 0.717) is 6.54 Å². The summed E-state index contributed by atoms with van der Waals surface area (Å²) in [6.07, 6.45) is 4.19. The maximum atomic E-state index is 12.6. The van der Waals surface area contributed by atoms with Crippen LogP contribution in [0.25, 0.3) is 0 Å². The third-order valence-corrected chi connectivity index (χ3v) is 3.79. The number of nitrogens with zero attached hydrogens (tertiary/aromatic N) is 1. The second kappa shape index (κ2) is 6.01. The summed E-state index contributed by atoms with van der Waals surface area (Å²) in [5.74, 6) is 0.190. The van der Waals surface area contributed by atoms with Crippen LogP contribution >= 0.6 is 0 Å². The topological polar surface area (TPSA) is 46.3 Å². The minimum atomic E-state index is -0.00101. The predicted molar refractivity (Wildman–Crippen MR) is 74.4 cm³/mol. The Hall–Kier alpha value is -1.35. The van der Waals surface area contributed by atoms with Crippen LogP contribution < -0.4 is 10.6 Å². The average molecular weight is 246 g/mol. The molecule has 2 rings (SSSR count). The first kappa shape index (κ1) is 13.1. The summed E-state index contributed by atoms with van der Waals surface area (Å²) in [5.41, 5.74) is 7.08. The van der Waals surface area contributed by atoms with Crippen LogP contribution in [0.1, 0.15) is 32.6 Å². The third-order valence-electron chi connectivity index (χ3n) is 3.79. The van der Waals surface area contributed by atoms with Gasteiger partial charge in [0.25, 0.3) is 0 Å². The van der Waals surface area contributed by atoms with Crippen molar-refractivity contribution in [3.63, 3.8) is 0 Å². The number of carbonyl (C=O) groups is 1. The van der Waals surface area contributed by atoms with Crippen LogP contribution in [0.3, 0.4) is 0 Å². The molecule has 1 fully saturated rings. The first-order valence-corrected chi connectivity index (χ1v) is 6.86. The number of carbonyl (C=O) groups excluding carboxylic acids is 1. The number of benzene rings is 1. The van der Waals surface area contributed by atoms with Gasteiger partial charge in [-0.3, -0.25) is 4.79 Å². The van der Waals surface area contributed by atoms with E-state index in [1.807, 2.05) is 42.2 Å². The normalized spacial score (nSPS) is 23.7. The van der Waals surface area contributed by atoms with Crippen LogP contribution in [0.15, 0.2) is 30.3 Å². The lowest BCUT2D eigenvalue weighted by molar-refractivity contribution is -0.123. The van der Waals surface area contributed by atoms with Gasteiger partial charge in [0.2, 0.25) is 5.91 Å². The fourth-order valence-electron chi connectivity index (χ4n) is 2.74. The van der Waals surface area contributed by atoms with Crippen LogP contribution in [0.5, 0.6) is 0 Å². The van der Waals surface area contributed by atoms with Gasteiger partial charge in [-0.2, -0.15) is 0 Å². The number of para-hydroxylation sites is 1. The predicted octanol–water partition coefficient (Wildman–Crippen LogP) is 2.56. The van der Waals surface area contributed by atoms with Crippen molar-refractivity contribution in [3.8, 4) is 0 Å². The Labute approximate surface area is 109 Å². The highest BCUT2D eigenvalue weighted by molar-refractivity contribution is 5.95. The molecule has 0 aliphatic heterocycles. The minimum absolute atomic E-state index is 0.00101. The van der Waals surface area contributed by atoms with Crippen molar-refractivity contribution >= 4 is 11.6 Å². The Morgan fingerprint density at radius 2 is 1.94 bits per heavy atom. The van der Waals surface area contributed by atoms with Gasteiger partial charge in [-0.15, -0.1) is 0 Å². The Morgan fingerprint density at radius 3 is 2.56 bits per heavy atom. The minimum Gasteiger partial charge on any atom is -0.327 e. The Morgan fingerprint density at radius 1 is 1.28 bits per heavy atom. The van der Waals surface area contributed by atoms with Crippen molar-refractivity contribution in [3.05, 3.63) is 30.3 Å².